The van der Waals surface area contributed by atoms with Gasteiger partial charge in [0.25, 0.3) is 0 Å². The van der Waals surface area contributed by atoms with Gasteiger partial charge in [0.2, 0.25) is 11.8 Å². The lowest BCUT2D eigenvalue weighted by Crippen LogP contribution is -2.57. The molecule has 2 amide bonds. The molecular weight excluding hydrogens is 686 g/mol. The highest BCUT2D eigenvalue weighted by atomic mass is 19.3. The second-order valence-electron chi connectivity index (χ2n) is 16.1. The first-order valence-electron chi connectivity index (χ1n) is 18.6. The van der Waals surface area contributed by atoms with E-state index >= 15 is 8.78 Å². The summed E-state index contributed by atoms with van der Waals surface area (Å²) < 4.78 is 54.0. The number of methoxy groups -OCH3 is 1. The maximum absolute atomic E-state index is 15.4. The molecule has 0 spiro atoms. The first kappa shape index (κ1) is 39.9. The van der Waals surface area contributed by atoms with Crippen LogP contribution in [-0.2, 0) is 25.0 Å². The number of hydrogen-bond donors (Lipinski definition) is 1. The number of benzene rings is 1. The van der Waals surface area contributed by atoms with Crippen LogP contribution >= 0.6 is 0 Å². The number of allylic oxidation sites excluding steroid dienone is 2. The number of nitrogens with one attached hydrogen (secondary N) is 1. The Labute approximate surface area is 310 Å². The minimum absolute atomic E-state index is 0.0147. The predicted molar refractivity (Wildman–Crippen MR) is 195 cm³/mol. The van der Waals surface area contributed by atoms with Gasteiger partial charge in [-0.25, -0.2) is 19.6 Å². The third-order valence-corrected chi connectivity index (χ3v) is 10.7. The number of hydrogen-bond acceptors (Lipinski definition) is 9. The summed E-state index contributed by atoms with van der Waals surface area (Å²) in [6, 6.07) is 2.40. The van der Waals surface area contributed by atoms with Crippen molar-refractivity contribution in [2.75, 3.05) is 20.3 Å². The molecule has 1 aromatic heterocycles. The summed E-state index contributed by atoms with van der Waals surface area (Å²) in [6.07, 6.45) is 4.37. The molecule has 1 aliphatic heterocycles. The summed E-state index contributed by atoms with van der Waals surface area (Å²) in [4.78, 5) is 52.0. The number of esters is 1. The van der Waals surface area contributed by atoms with Crippen LogP contribution < -0.4 is 14.8 Å². The summed E-state index contributed by atoms with van der Waals surface area (Å²) in [7, 11) is 1.47. The van der Waals surface area contributed by atoms with E-state index < -0.39 is 65.0 Å². The third kappa shape index (κ3) is 8.75. The first-order chi connectivity index (χ1) is 25.0. The van der Waals surface area contributed by atoms with Crippen LogP contribution in [0.15, 0.2) is 43.5 Å². The van der Waals surface area contributed by atoms with Gasteiger partial charge in [-0.15, -0.1) is 6.58 Å². The Balaban J connectivity index is 1.46. The minimum Gasteiger partial charge on any atom is -0.497 e. The van der Waals surface area contributed by atoms with Gasteiger partial charge in [-0.1, -0.05) is 54.2 Å². The van der Waals surface area contributed by atoms with Crippen LogP contribution in [-0.4, -0.2) is 77.4 Å². The molecule has 2 saturated carbocycles. The number of aromatic nitrogens is 2. The highest BCUT2D eigenvalue weighted by Crippen LogP contribution is 2.57. The molecular formula is C40H54F2N4O7. The van der Waals surface area contributed by atoms with Gasteiger partial charge in [0.1, 0.15) is 30.0 Å². The fourth-order valence-corrected chi connectivity index (χ4v) is 7.80. The van der Waals surface area contributed by atoms with E-state index in [2.05, 4.69) is 28.4 Å². The van der Waals surface area contributed by atoms with Crippen molar-refractivity contribution in [3.63, 3.8) is 0 Å². The quantitative estimate of drug-likeness (QED) is 0.149. The second-order valence-corrected chi connectivity index (χ2v) is 16.1. The third-order valence-electron chi connectivity index (χ3n) is 10.7. The van der Waals surface area contributed by atoms with Gasteiger partial charge in [-0.2, -0.15) is 8.78 Å². The topological polar surface area (TPSA) is 129 Å². The Kier molecular flexibility index (Phi) is 12.0. The highest BCUT2D eigenvalue weighted by Gasteiger charge is 2.55. The van der Waals surface area contributed by atoms with Crippen LogP contribution in [0.5, 0.6) is 11.6 Å². The number of carbonyl (C=O) groups is 3. The Bertz CT molecular complexity index is 1690. The van der Waals surface area contributed by atoms with Crippen LogP contribution in [0.2, 0.25) is 0 Å². The molecule has 1 unspecified atom stereocenters. The van der Waals surface area contributed by atoms with Crippen LogP contribution in [0.4, 0.5) is 13.6 Å². The fraction of sp³-hybridized carbons (Fsp3) is 0.625. The summed E-state index contributed by atoms with van der Waals surface area (Å²) in [5, 5.41) is 2.83. The normalized spacial score (nSPS) is 25.8. The van der Waals surface area contributed by atoms with Crippen molar-refractivity contribution >= 4 is 29.0 Å². The largest absolute Gasteiger partial charge is 0.497 e. The van der Waals surface area contributed by atoms with Crippen LogP contribution in [0.25, 0.3) is 11.0 Å². The van der Waals surface area contributed by atoms with Crippen molar-refractivity contribution < 1.29 is 42.1 Å². The zero-order valence-electron chi connectivity index (χ0n) is 31.9. The number of rotatable bonds is 15. The van der Waals surface area contributed by atoms with Gasteiger partial charge < -0.3 is 29.2 Å². The highest BCUT2D eigenvalue weighted by molar-refractivity contribution is 5.91. The summed E-state index contributed by atoms with van der Waals surface area (Å²) >= 11 is 0. The first-order valence-corrected chi connectivity index (χ1v) is 18.6. The molecule has 5 rings (SSSR count). The molecule has 2 aliphatic carbocycles. The molecule has 0 radical (unpaired) electrons. The minimum atomic E-state index is -3.62. The lowest BCUT2D eigenvalue weighted by atomic mass is 9.85. The maximum atomic E-state index is 15.4. The molecule has 13 heteroatoms. The van der Waals surface area contributed by atoms with E-state index in [4.69, 9.17) is 18.9 Å². The molecule has 1 aromatic carbocycles. The van der Waals surface area contributed by atoms with E-state index in [9.17, 15) is 14.4 Å². The molecule has 0 bridgehead atoms. The lowest BCUT2D eigenvalue weighted by molar-refractivity contribution is -0.157. The van der Waals surface area contributed by atoms with Crippen molar-refractivity contribution in [2.24, 2.45) is 35.0 Å². The zero-order valence-corrected chi connectivity index (χ0v) is 31.9. The van der Waals surface area contributed by atoms with E-state index in [1.165, 1.54) is 18.1 Å². The van der Waals surface area contributed by atoms with Gasteiger partial charge in [0, 0.05) is 12.0 Å². The molecule has 2 heterocycles. The summed E-state index contributed by atoms with van der Waals surface area (Å²) in [5.41, 5.74) is -1.13. The van der Waals surface area contributed by atoms with Crippen LogP contribution in [0.3, 0.4) is 0 Å². The summed E-state index contributed by atoms with van der Waals surface area (Å²) in [6.45, 7) is 18.1. The van der Waals surface area contributed by atoms with Crippen LogP contribution in [0.1, 0.15) is 79.3 Å². The molecule has 2 aromatic rings. The molecule has 1 N–H and O–H groups in total. The Morgan fingerprint density at radius 3 is 2.43 bits per heavy atom. The number of halogens is 2. The van der Waals surface area contributed by atoms with Crippen molar-refractivity contribution in [2.45, 2.75) is 104 Å². The number of fused-ring (bicyclic) bond motifs is 2. The maximum Gasteiger partial charge on any atom is 0.408 e. The van der Waals surface area contributed by atoms with E-state index in [1.807, 2.05) is 47.6 Å². The second kappa shape index (κ2) is 16.0. The van der Waals surface area contributed by atoms with E-state index in [0.717, 1.165) is 25.7 Å². The summed E-state index contributed by atoms with van der Waals surface area (Å²) in [5.74, 6) is -4.17. The SMILES string of the molecule is C=CCC[C@H]1[C@H](OC(=O)N[C@H](C(=O)N2C[C@H](Oc3nc4cc(OC)ccc4nc3C(F)(F)C=C)[C@@H](CC)[C@H]2C(=O)OCC(C)C)C(C)(C)C)CC2C[C@@H]21. The van der Waals surface area contributed by atoms with Crippen molar-refractivity contribution in [3.05, 3.63) is 49.2 Å². The smallest absolute Gasteiger partial charge is 0.408 e. The van der Waals surface area contributed by atoms with E-state index in [1.54, 1.807) is 12.1 Å². The number of ether oxygens (including phenoxy) is 4. The number of carbonyl (C=O) groups excluding carboxylic acids is 3. The molecule has 53 heavy (non-hydrogen) atoms. The lowest BCUT2D eigenvalue weighted by Gasteiger charge is -2.35. The standard InChI is InChI=1S/C40H54F2N4O7/c1-10-13-14-26-27-17-23(27)18-30(26)53-38(49)45-34(39(6,7)8)36(47)46-20-31(25(11-2)32(46)37(48)51-21-22(4)5)52-35-33(40(41,42)12-3)43-28-16-15-24(50-9)19-29(28)44-35/h10,12,15-16,19,22-23,25-27,30-32,34H,1,3,11,13-14,17-18,20-21H2,2,4-9H3,(H,45,49)/t23?,25-,26-,27+,30-,31+,32+,34-/m1/s1. The average molecular weight is 741 g/mol. The monoisotopic (exact) mass is 740 g/mol. The zero-order chi connectivity index (χ0) is 38.8. The molecule has 3 fully saturated rings. The van der Waals surface area contributed by atoms with E-state index in [-0.39, 0.29) is 42.1 Å². The van der Waals surface area contributed by atoms with Gasteiger partial charge in [-0.3, -0.25) is 4.79 Å². The molecule has 290 valence electrons. The number of alkyl halides is 2. The molecule has 3 aliphatic rings. The van der Waals surface area contributed by atoms with Crippen LogP contribution in [0, 0.1) is 35.0 Å². The molecule has 1 saturated heterocycles. The number of alkyl carbamates (subject to hydrolysis) is 1. The Morgan fingerprint density at radius 2 is 1.81 bits per heavy atom. The van der Waals surface area contributed by atoms with Crippen molar-refractivity contribution in [1.82, 2.24) is 20.2 Å². The van der Waals surface area contributed by atoms with Gasteiger partial charge in [-0.05, 0) is 79.4 Å². The van der Waals surface area contributed by atoms with Crippen molar-refractivity contribution in [1.29, 1.82) is 0 Å². The number of nitrogens with zero attached hydrogens (tertiary/aromatic N) is 3. The van der Waals surface area contributed by atoms with Gasteiger partial charge in [0.15, 0.2) is 5.69 Å². The fourth-order valence-electron chi connectivity index (χ4n) is 7.80. The predicted octanol–water partition coefficient (Wildman–Crippen LogP) is 7.23. The molecule has 11 nitrogen and oxygen atoms in total. The average Bonchev–Trinajstić information content (AvgIpc) is 3.65. The Hall–Kier alpha value is -4.29. The Morgan fingerprint density at radius 1 is 1.08 bits per heavy atom. The van der Waals surface area contributed by atoms with Gasteiger partial charge >= 0.3 is 18.0 Å². The van der Waals surface area contributed by atoms with Gasteiger partial charge in [0.05, 0.1) is 31.3 Å². The number of likely N-dealkylation sites (tertiary alicyclic amines) is 1. The number of amides is 2. The molecule has 8 atom stereocenters. The van der Waals surface area contributed by atoms with E-state index in [0.29, 0.717) is 30.1 Å². The van der Waals surface area contributed by atoms with Crippen molar-refractivity contribution in [3.8, 4) is 11.6 Å².